The number of aromatic nitrogens is 6. The highest BCUT2D eigenvalue weighted by molar-refractivity contribution is 5.83. The Morgan fingerprint density at radius 1 is 1.21 bits per heavy atom. The lowest BCUT2D eigenvalue weighted by Gasteiger charge is -2.11. The Morgan fingerprint density at radius 2 is 2.07 bits per heavy atom. The first-order chi connectivity index (χ1) is 14.3. The van der Waals surface area contributed by atoms with Gasteiger partial charge in [-0.1, -0.05) is 30.3 Å². The van der Waals surface area contributed by atoms with Gasteiger partial charge in [0.2, 0.25) is 0 Å². The van der Waals surface area contributed by atoms with E-state index >= 15 is 0 Å². The summed E-state index contributed by atoms with van der Waals surface area (Å²) in [5, 5.41) is 13.2. The van der Waals surface area contributed by atoms with Crippen LogP contribution in [0, 0.1) is 0 Å². The van der Waals surface area contributed by atoms with Crippen molar-refractivity contribution in [3.05, 3.63) is 52.7 Å². The molecule has 1 fully saturated rings. The minimum atomic E-state index is -0.245. The largest absolute Gasteiger partial charge is 0.378 e. The van der Waals surface area contributed by atoms with Gasteiger partial charge in [0.15, 0.2) is 16.8 Å². The summed E-state index contributed by atoms with van der Waals surface area (Å²) in [7, 11) is 1.62. The third-order valence-corrected chi connectivity index (χ3v) is 5.14. The molecule has 4 aromatic rings. The fourth-order valence-corrected chi connectivity index (χ4v) is 3.78. The first-order valence-corrected chi connectivity index (χ1v) is 9.55. The molecule has 1 saturated heterocycles. The lowest BCUT2D eigenvalue weighted by atomic mass is 10.1. The van der Waals surface area contributed by atoms with Gasteiger partial charge in [0.05, 0.1) is 30.5 Å². The maximum atomic E-state index is 12.9. The molecule has 5 rings (SSSR count). The molecule has 0 N–H and O–H groups in total. The van der Waals surface area contributed by atoms with Crippen LogP contribution in [0.4, 0.5) is 0 Å². The predicted molar refractivity (Wildman–Crippen MR) is 105 cm³/mol. The number of rotatable bonds is 5. The molecular formula is C20H20N6O3. The minimum Gasteiger partial charge on any atom is -0.378 e. The second-order valence-electron chi connectivity index (χ2n) is 7.07. The number of ether oxygens (including phenoxy) is 2. The zero-order valence-electron chi connectivity index (χ0n) is 16.0. The molecule has 0 spiro atoms. The second kappa shape index (κ2) is 7.34. The summed E-state index contributed by atoms with van der Waals surface area (Å²) < 4.78 is 14.1. The van der Waals surface area contributed by atoms with Gasteiger partial charge in [-0.3, -0.25) is 9.36 Å². The molecule has 1 unspecified atom stereocenters. The van der Waals surface area contributed by atoms with Crippen molar-refractivity contribution in [3.63, 3.8) is 0 Å². The summed E-state index contributed by atoms with van der Waals surface area (Å²) in [4.78, 5) is 17.4. The topological polar surface area (TPSA) is 96.4 Å². The van der Waals surface area contributed by atoms with Crippen LogP contribution in [0.15, 0.2) is 41.5 Å². The standard InChI is InChI=1S/C20H20N6O3/c1-28-11-15-16(13-6-3-2-4-7-13)18-23-22-17-19(26(18)24-15)21-12-25(20(17)27)10-14-8-5-9-29-14/h2-4,6-7,12,14H,5,8-11H2,1H3. The fraction of sp³-hybridized carbons (Fsp3) is 0.350. The van der Waals surface area contributed by atoms with Crippen molar-refractivity contribution in [3.8, 4) is 11.1 Å². The van der Waals surface area contributed by atoms with Gasteiger partial charge in [-0.15, -0.1) is 10.2 Å². The fourth-order valence-electron chi connectivity index (χ4n) is 3.78. The number of fused-ring (bicyclic) bond motifs is 3. The van der Waals surface area contributed by atoms with Crippen LogP contribution in [0.1, 0.15) is 18.5 Å². The number of nitrogens with zero attached hydrogens (tertiary/aromatic N) is 6. The second-order valence-corrected chi connectivity index (χ2v) is 7.07. The van der Waals surface area contributed by atoms with Crippen LogP contribution >= 0.6 is 0 Å². The quantitative estimate of drug-likeness (QED) is 0.511. The van der Waals surface area contributed by atoms with E-state index in [1.165, 1.54) is 10.9 Å². The molecular weight excluding hydrogens is 372 g/mol. The van der Waals surface area contributed by atoms with Gasteiger partial charge in [-0.05, 0) is 18.4 Å². The van der Waals surface area contributed by atoms with E-state index in [2.05, 4.69) is 20.3 Å². The van der Waals surface area contributed by atoms with Gasteiger partial charge in [-0.25, -0.2) is 4.98 Å². The molecule has 1 aliphatic heterocycles. The number of hydrogen-bond donors (Lipinski definition) is 0. The smallest absolute Gasteiger partial charge is 0.283 e. The number of methoxy groups -OCH3 is 1. The summed E-state index contributed by atoms with van der Waals surface area (Å²) in [5.74, 6) is 0. The van der Waals surface area contributed by atoms with Crippen LogP contribution in [0.3, 0.4) is 0 Å². The molecule has 4 heterocycles. The van der Waals surface area contributed by atoms with Crippen molar-refractivity contribution < 1.29 is 9.47 Å². The van der Waals surface area contributed by atoms with Gasteiger partial charge >= 0.3 is 0 Å². The molecule has 9 heteroatoms. The molecule has 1 atom stereocenters. The molecule has 0 amide bonds. The lowest BCUT2D eigenvalue weighted by Crippen LogP contribution is -2.28. The first kappa shape index (κ1) is 17.9. The highest BCUT2D eigenvalue weighted by atomic mass is 16.5. The summed E-state index contributed by atoms with van der Waals surface area (Å²) in [6, 6.07) is 9.81. The molecule has 1 aromatic carbocycles. The van der Waals surface area contributed by atoms with Gasteiger partial charge < -0.3 is 9.47 Å². The summed E-state index contributed by atoms with van der Waals surface area (Å²) >= 11 is 0. The van der Waals surface area contributed by atoms with Crippen LogP contribution in [-0.4, -0.2) is 49.2 Å². The zero-order valence-corrected chi connectivity index (χ0v) is 16.0. The van der Waals surface area contributed by atoms with Gasteiger partial charge in [-0.2, -0.15) is 9.61 Å². The zero-order chi connectivity index (χ0) is 19.8. The van der Waals surface area contributed by atoms with Crippen molar-refractivity contribution in [2.75, 3.05) is 13.7 Å². The molecule has 9 nitrogen and oxygen atoms in total. The predicted octanol–water partition coefficient (Wildman–Crippen LogP) is 1.83. The number of hydrogen-bond acceptors (Lipinski definition) is 7. The minimum absolute atomic E-state index is 0.0336. The van der Waals surface area contributed by atoms with Gasteiger partial charge in [0, 0.05) is 13.7 Å². The van der Waals surface area contributed by atoms with Gasteiger partial charge in [0.1, 0.15) is 6.33 Å². The monoisotopic (exact) mass is 392 g/mol. The van der Waals surface area contributed by atoms with E-state index in [0.29, 0.717) is 30.1 Å². The highest BCUT2D eigenvalue weighted by Crippen LogP contribution is 2.28. The van der Waals surface area contributed by atoms with Crippen molar-refractivity contribution >= 4 is 16.8 Å². The Morgan fingerprint density at radius 3 is 2.83 bits per heavy atom. The molecule has 0 bridgehead atoms. The van der Waals surface area contributed by atoms with E-state index in [0.717, 1.165) is 30.6 Å². The van der Waals surface area contributed by atoms with E-state index in [9.17, 15) is 4.79 Å². The third-order valence-electron chi connectivity index (χ3n) is 5.14. The molecule has 3 aromatic heterocycles. The van der Waals surface area contributed by atoms with E-state index < -0.39 is 0 Å². The van der Waals surface area contributed by atoms with Crippen molar-refractivity contribution in [2.24, 2.45) is 0 Å². The SMILES string of the molecule is COCc1nn2c(nnc3c(=O)n(CC4CCCO4)cnc32)c1-c1ccccc1. The maximum absolute atomic E-state index is 12.9. The Kier molecular flexibility index (Phi) is 4.53. The van der Waals surface area contributed by atoms with E-state index in [1.807, 2.05) is 30.3 Å². The maximum Gasteiger partial charge on any atom is 0.283 e. The molecule has 0 aliphatic carbocycles. The van der Waals surface area contributed by atoms with E-state index in [4.69, 9.17) is 9.47 Å². The first-order valence-electron chi connectivity index (χ1n) is 9.55. The molecule has 29 heavy (non-hydrogen) atoms. The van der Waals surface area contributed by atoms with Crippen molar-refractivity contribution in [1.82, 2.24) is 29.4 Å². The van der Waals surface area contributed by atoms with Crippen molar-refractivity contribution in [2.45, 2.75) is 32.1 Å². The van der Waals surface area contributed by atoms with Crippen molar-refractivity contribution in [1.29, 1.82) is 0 Å². The third kappa shape index (κ3) is 3.08. The van der Waals surface area contributed by atoms with Crippen LogP contribution in [0.25, 0.3) is 27.9 Å². The molecule has 148 valence electrons. The number of benzene rings is 1. The van der Waals surface area contributed by atoms with E-state index in [-0.39, 0.29) is 17.2 Å². The Balaban J connectivity index is 1.68. The lowest BCUT2D eigenvalue weighted by molar-refractivity contribution is 0.0960. The van der Waals surface area contributed by atoms with E-state index in [1.54, 1.807) is 11.6 Å². The molecule has 1 aliphatic rings. The van der Waals surface area contributed by atoms with Crippen LogP contribution in [-0.2, 0) is 22.6 Å². The van der Waals surface area contributed by atoms with Crippen LogP contribution in [0.5, 0.6) is 0 Å². The Hall–Kier alpha value is -3.17. The highest BCUT2D eigenvalue weighted by Gasteiger charge is 2.21. The summed E-state index contributed by atoms with van der Waals surface area (Å²) in [6.45, 7) is 1.51. The average molecular weight is 392 g/mol. The van der Waals surface area contributed by atoms with Crippen LogP contribution in [0.2, 0.25) is 0 Å². The average Bonchev–Trinajstić information content (AvgIpc) is 3.38. The normalized spacial score (nSPS) is 16.8. The summed E-state index contributed by atoms with van der Waals surface area (Å²) in [6.07, 6.45) is 3.52. The molecule has 0 radical (unpaired) electrons. The Labute approximate surface area is 165 Å². The van der Waals surface area contributed by atoms with Crippen LogP contribution < -0.4 is 5.56 Å². The Bertz CT molecular complexity index is 1230. The van der Waals surface area contributed by atoms with Gasteiger partial charge in [0.25, 0.3) is 5.56 Å². The summed E-state index contributed by atoms with van der Waals surface area (Å²) in [5.41, 5.74) is 3.35. The molecule has 0 saturated carbocycles.